The number of phenols is 1. The van der Waals surface area contributed by atoms with E-state index in [4.69, 9.17) is 0 Å². The lowest BCUT2D eigenvalue weighted by atomic mass is 10.1. The average Bonchev–Trinajstić information content (AvgIpc) is 2.78. The summed E-state index contributed by atoms with van der Waals surface area (Å²) in [5, 5.41) is 13.0. The number of fused-ring (bicyclic) bond motifs is 1. The number of rotatable bonds is 3. The molecule has 1 heterocycles. The number of hydrogen-bond donors (Lipinski definition) is 2. The number of phenolic OH excluding ortho intramolecular Hbond substituents is 1. The highest BCUT2D eigenvalue weighted by molar-refractivity contribution is 5.40. The van der Waals surface area contributed by atoms with Gasteiger partial charge < -0.3 is 10.4 Å². The molecule has 0 radical (unpaired) electrons. The zero-order chi connectivity index (χ0) is 13.2. The van der Waals surface area contributed by atoms with Gasteiger partial charge in [-0.05, 0) is 49.1 Å². The lowest BCUT2D eigenvalue weighted by Crippen LogP contribution is -2.19. The van der Waals surface area contributed by atoms with Crippen molar-refractivity contribution >= 4 is 0 Å². The topological polar surface area (TPSA) is 58.0 Å². The molecule has 2 N–H and O–H groups in total. The Balaban J connectivity index is 1.70. The van der Waals surface area contributed by atoms with Crippen molar-refractivity contribution in [1.29, 1.82) is 0 Å². The number of aryl methyl sites for hydroxylation is 2. The van der Waals surface area contributed by atoms with E-state index in [1.165, 1.54) is 11.1 Å². The SMILES string of the molecule is Cc1nccc(CNC2CCc3cc(O)ccc32)n1. The predicted octanol–water partition coefficient (Wildman–Crippen LogP) is 2.27. The molecule has 3 rings (SSSR count). The summed E-state index contributed by atoms with van der Waals surface area (Å²) in [4.78, 5) is 8.49. The molecule has 0 amide bonds. The summed E-state index contributed by atoms with van der Waals surface area (Å²) in [5.74, 6) is 1.15. The largest absolute Gasteiger partial charge is 0.508 e. The lowest BCUT2D eigenvalue weighted by Gasteiger charge is -2.13. The summed E-state index contributed by atoms with van der Waals surface area (Å²) in [6.07, 6.45) is 3.88. The van der Waals surface area contributed by atoms with Crippen LogP contribution in [0.5, 0.6) is 5.75 Å². The second-order valence-corrected chi connectivity index (χ2v) is 4.95. The Morgan fingerprint density at radius 2 is 2.26 bits per heavy atom. The molecule has 4 heteroatoms. The van der Waals surface area contributed by atoms with E-state index in [1.54, 1.807) is 12.3 Å². The number of hydrogen-bond acceptors (Lipinski definition) is 4. The van der Waals surface area contributed by atoms with Crippen molar-refractivity contribution in [1.82, 2.24) is 15.3 Å². The summed E-state index contributed by atoms with van der Waals surface area (Å²) in [6, 6.07) is 7.93. The molecule has 1 unspecified atom stereocenters. The standard InChI is InChI=1S/C15H17N3O/c1-10-16-7-6-12(18-10)9-17-15-5-2-11-8-13(19)3-4-14(11)15/h3-4,6-8,15,17,19H,2,5,9H2,1H3. The van der Waals surface area contributed by atoms with Crippen LogP contribution in [0.25, 0.3) is 0 Å². The van der Waals surface area contributed by atoms with Crippen LogP contribution in [0.4, 0.5) is 0 Å². The van der Waals surface area contributed by atoms with E-state index in [0.717, 1.165) is 30.9 Å². The average molecular weight is 255 g/mol. The molecule has 0 fully saturated rings. The number of nitrogens with one attached hydrogen (secondary N) is 1. The van der Waals surface area contributed by atoms with E-state index in [-0.39, 0.29) is 0 Å². The minimum absolute atomic E-state index is 0.353. The zero-order valence-corrected chi connectivity index (χ0v) is 10.9. The minimum Gasteiger partial charge on any atom is -0.508 e. The maximum atomic E-state index is 9.48. The maximum absolute atomic E-state index is 9.48. The van der Waals surface area contributed by atoms with Gasteiger partial charge in [-0.3, -0.25) is 0 Å². The molecule has 98 valence electrons. The van der Waals surface area contributed by atoms with Crippen molar-refractivity contribution in [3.05, 3.63) is 53.1 Å². The van der Waals surface area contributed by atoms with Gasteiger partial charge in [-0.1, -0.05) is 6.07 Å². The maximum Gasteiger partial charge on any atom is 0.125 e. The van der Waals surface area contributed by atoms with Gasteiger partial charge in [-0.25, -0.2) is 9.97 Å². The quantitative estimate of drug-likeness (QED) is 0.883. The van der Waals surface area contributed by atoms with Gasteiger partial charge in [0.05, 0.1) is 5.69 Å². The van der Waals surface area contributed by atoms with E-state index in [1.807, 2.05) is 25.1 Å². The van der Waals surface area contributed by atoms with Crippen molar-refractivity contribution in [2.45, 2.75) is 32.4 Å². The third-order valence-electron chi connectivity index (χ3n) is 3.57. The van der Waals surface area contributed by atoms with Gasteiger partial charge in [0.15, 0.2) is 0 Å². The van der Waals surface area contributed by atoms with Crippen LogP contribution in [-0.4, -0.2) is 15.1 Å². The number of aromatic hydroxyl groups is 1. The molecular formula is C15H17N3O. The Kier molecular flexibility index (Phi) is 3.17. The first-order valence-corrected chi connectivity index (χ1v) is 6.56. The van der Waals surface area contributed by atoms with Crippen LogP contribution >= 0.6 is 0 Å². The van der Waals surface area contributed by atoms with E-state index in [9.17, 15) is 5.11 Å². The van der Waals surface area contributed by atoms with Crippen molar-refractivity contribution in [2.24, 2.45) is 0 Å². The molecule has 1 aromatic heterocycles. The Morgan fingerprint density at radius 3 is 3.11 bits per heavy atom. The molecule has 0 bridgehead atoms. The molecule has 1 aromatic carbocycles. The molecule has 19 heavy (non-hydrogen) atoms. The Labute approximate surface area is 112 Å². The molecule has 0 spiro atoms. The highest BCUT2D eigenvalue weighted by atomic mass is 16.3. The van der Waals surface area contributed by atoms with Crippen molar-refractivity contribution in [2.75, 3.05) is 0 Å². The highest BCUT2D eigenvalue weighted by Gasteiger charge is 2.22. The van der Waals surface area contributed by atoms with Crippen LogP contribution in [0.15, 0.2) is 30.5 Å². The summed E-state index contributed by atoms with van der Waals surface area (Å²) < 4.78 is 0. The monoisotopic (exact) mass is 255 g/mol. The minimum atomic E-state index is 0.353. The molecule has 0 saturated heterocycles. The number of nitrogens with zero attached hydrogens (tertiary/aromatic N) is 2. The second kappa shape index (κ2) is 4.97. The summed E-state index contributed by atoms with van der Waals surface area (Å²) in [6.45, 7) is 2.64. The van der Waals surface area contributed by atoms with Gasteiger partial charge in [0, 0.05) is 18.8 Å². The first-order chi connectivity index (χ1) is 9.22. The van der Waals surface area contributed by atoms with Crippen LogP contribution in [0.3, 0.4) is 0 Å². The van der Waals surface area contributed by atoms with Gasteiger partial charge in [-0.15, -0.1) is 0 Å². The van der Waals surface area contributed by atoms with Crippen LogP contribution in [0, 0.1) is 6.92 Å². The lowest BCUT2D eigenvalue weighted by molar-refractivity contribution is 0.474. The van der Waals surface area contributed by atoms with Crippen molar-refractivity contribution in [3.8, 4) is 5.75 Å². The Morgan fingerprint density at radius 1 is 1.37 bits per heavy atom. The molecule has 4 nitrogen and oxygen atoms in total. The Hall–Kier alpha value is -1.94. The van der Waals surface area contributed by atoms with Gasteiger partial charge in [0.2, 0.25) is 0 Å². The van der Waals surface area contributed by atoms with Gasteiger partial charge in [0.25, 0.3) is 0 Å². The first-order valence-electron chi connectivity index (χ1n) is 6.56. The van der Waals surface area contributed by atoms with Gasteiger partial charge in [-0.2, -0.15) is 0 Å². The van der Waals surface area contributed by atoms with Crippen LogP contribution in [-0.2, 0) is 13.0 Å². The van der Waals surface area contributed by atoms with E-state index in [2.05, 4.69) is 15.3 Å². The van der Waals surface area contributed by atoms with Crippen molar-refractivity contribution in [3.63, 3.8) is 0 Å². The molecule has 0 aliphatic heterocycles. The third-order valence-corrected chi connectivity index (χ3v) is 3.57. The predicted molar refractivity (Wildman–Crippen MR) is 72.8 cm³/mol. The van der Waals surface area contributed by atoms with Gasteiger partial charge >= 0.3 is 0 Å². The molecule has 1 aliphatic rings. The normalized spacial score (nSPS) is 17.4. The number of benzene rings is 1. The fourth-order valence-corrected chi connectivity index (χ4v) is 2.65. The smallest absolute Gasteiger partial charge is 0.125 e. The third kappa shape index (κ3) is 2.58. The molecule has 0 saturated carbocycles. The van der Waals surface area contributed by atoms with Gasteiger partial charge in [0.1, 0.15) is 11.6 Å². The molecule has 1 atom stereocenters. The zero-order valence-electron chi connectivity index (χ0n) is 10.9. The highest BCUT2D eigenvalue weighted by Crippen LogP contribution is 2.33. The summed E-state index contributed by atoms with van der Waals surface area (Å²) in [7, 11) is 0. The number of aromatic nitrogens is 2. The summed E-state index contributed by atoms with van der Waals surface area (Å²) >= 11 is 0. The first kappa shape index (κ1) is 12.1. The molecule has 1 aliphatic carbocycles. The molecular weight excluding hydrogens is 238 g/mol. The van der Waals surface area contributed by atoms with Crippen LogP contribution in [0.2, 0.25) is 0 Å². The fourth-order valence-electron chi connectivity index (χ4n) is 2.65. The molecule has 2 aromatic rings. The summed E-state index contributed by atoms with van der Waals surface area (Å²) in [5.41, 5.74) is 3.56. The van der Waals surface area contributed by atoms with E-state index in [0.29, 0.717) is 11.8 Å². The van der Waals surface area contributed by atoms with Crippen molar-refractivity contribution < 1.29 is 5.11 Å². The Bertz CT molecular complexity index is 598. The van der Waals surface area contributed by atoms with E-state index < -0.39 is 0 Å². The van der Waals surface area contributed by atoms with Crippen LogP contribution in [0.1, 0.15) is 35.1 Å². The van der Waals surface area contributed by atoms with Crippen LogP contribution < -0.4 is 5.32 Å². The van der Waals surface area contributed by atoms with E-state index >= 15 is 0 Å². The fraction of sp³-hybridized carbons (Fsp3) is 0.333. The second-order valence-electron chi connectivity index (χ2n) is 4.95.